The summed E-state index contributed by atoms with van der Waals surface area (Å²) in [5.41, 5.74) is 3.27. The van der Waals surface area contributed by atoms with E-state index < -0.39 is 0 Å². The number of nitrogens with one attached hydrogen (secondary N) is 1. The lowest BCUT2D eigenvalue weighted by Crippen LogP contribution is -2.30. The van der Waals surface area contributed by atoms with Crippen molar-refractivity contribution in [1.29, 1.82) is 0 Å². The fourth-order valence-electron chi connectivity index (χ4n) is 2.85. The minimum Gasteiger partial charge on any atom is -0.465 e. The first-order chi connectivity index (χ1) is 12.0. The molecule has 2 aromatic rings. The third kappa shape index (κ3) is 3.39. The molecule has 1 N–H and O–H groups in total. The lowest BCUT2D eigenvalue weighted by Gasteiger charge is -2.18. The molecule has 1 aliphatic heterocycles. The number of nitrogens with zero attached hydrogens (tertiary/aromatic N) is 1. The Kier molecular flexibility index (Phi) is 4.81. The number of hydrogen-bond acceptors (Lipinski definition) is 4. The van der Waals surface area contributed by atoms with Gasteiger partial charge in [-0.1, -0.05) is 36.4 Å². The number of hydrogen-bond donors (Lipinski definition) is 1. The number of rotatable bonds is 4. The Hall–Kier alpha value is -2.73. The maximum atomic E-state index is 12.3. The summed E-state index contributed by atoms with van der Waals surface area (Å²) in [4.78, 5) is 25.6. The van der Waals surface area contributed by atoms with Gasteiger partial charge in [-0.05, 0) is 48.0 Å². The molecule has 1 atom stereocenters. The zero-order chi connectivity index (χ0) is 18.0. The lowest BCUT2D eigenvalue weighted by atomic mass is 9.97. The molecule has 0 bridgehead atoms. The molecule has 5 nitrogen and oxygen atoms in total. The van der Waals surface area contributed by atoms with Crippen molar-refractivity contribution < 1.29 is 14.3 Å². The summed E-state index contributed by atoms with van der Waals surface area (Å²) in [5.74, 6) is -0.420. The standard InChI is InChI=1S/C19H18N2O3S/c1-12-17(22)21(19(25)20-12)11-15-6-3-4-9-16(15)13-7-5-8-14(10-13)18(23)24-2/h3-10,12H,11H2,1-2H3,(H,20,25). The van der Waals surface area contributed by atoms with Crippen molar-refractivity contribution in [3.63, 3.8) is 0 Å². The fourth-order valence-corrected chi connectivity index (χ4v) is 3.18. The van der Waals surface area contributed by atoms with E-state index in [0.29, 0.717) is 17.2 Å². The number of carbonyl (C=O) groups is 2. The molecule has 25 heavy (non-hydrogen) atoms. The summed E-state index contributed by atoms with van der Waals surface area (Å²) in [5, 5.41) is 3.41. The van der Waals surface area contributed by atoms with E-state index in [2.05, 4.69) is 5.32 Å². The highest BCUT2D eigenvalue weighted by Crippen LogP contribution is 2.26. The minimum absolute atomic E-state index is 0.0388. The van der Waals surface area contributed by atoms with Crippen molar-refractivity contribution in [2.45, 2.75) is 19.5 Å². The second kappa shape index (κ2) is 7.03. The normalized spacial score (nSPS) is 16.7. The summed E-state index contributed by atoms with van der Waals surface area (Å²) < 4.78 is 4.79. The van der Waals surface area contributed by atoms with E-state index in [1.807, 2.05) is 36.4 Å². The summed E-state index contributed by atoms with van der Waals surface area (Å²) in [6.07, 6.45) is 0. The first-order valence-electron chi connectivity index (χ1n) is 7.90. The van der Waals surface area contributed by atoms with E-state index in [1.165, 1.54) is 7.11 Å². The Morgan fingerprint density at radius 2 is 2.00 bits per heavy atom. The van der Waals surface area contributed by atoms with Crippen molar-refractivity contribution in [2.75, 3.05) is 7.11 Å². The first kappa shape index (κ1) is 17.1. The molecular weight excluding hydrogens is 336 g/mol. The van der Waals surface area contributed by atoms with Gasteiger partial charge in [-0.15, -0.1) is 0 Å². The van der Waals surface area contributed by atoms with Crippen LogP contribution in [-0.2, 0) is 16.1 Å². The molecule has 0 aromatic heterocycles. The van der Waals surface area contributed by atoms with Gasteiger partial charge in [0.15, 0.2) is 5.11 Å². The second-order valence-corrected chi connectivity index (χ2v) is 6.21. The molecule has 1 fully saturated rings. The van der Waals surface area contributed by atoms with Gasteiger partial charge in [0, 0.05) is 0 Å². The molecule has 128 valence electrons. The van der Waals surface area contributed by atoms with E-state index in [4.69, 9.17) is 17.0 Å². The van der Waals surface area contributed by atoms with Gasteiger partial charge in [0.1, 0.15) is 6.04 Å². The van der Waals surface area contributed by atoms with Crippen LogP contribution in [0.4, 0.5) is 0 Å². The molecule has 1 unspecified atom stereocenters. The summed E-state index contributed by atoms with van der Waals surface area (Å²) in [7, 11) is 1.36. The molecule has 1 aliphatic rings. The summed E-state index contributed by atoms with van der Waals surface area (Å²) >= 11 is 5.26. The zero-order valence-electron chi connectivity index (χ0n) is 14.0. The number of esters is 1. The average Bonchev–Trinajstić information content (AvgIpc) is 2.87. The SMILES string of the molecule is COC(=O)c1cccc(-c2ccccc2CN2C(=O)C(C)NC2=S)c1. The van der Waals surface area contributed by atoms with Crippen molar-refractivity contribution in [2.24, 2.45) is 0 Å². The first-order valence-corrected chi connectivity index (χ1v) is 8.30. The minimum atomic E-state index is -0.381. The highest BCUT2D eigenvalue weighted by Gasteiger charge is 2.32. The van der Waals surface area contributed by atoms with Crippen LogP contribution in [0.2, 0.25) is 0 Å². The molecule has 1 amide bonds. The molecule has 1 saturated heterocycles. The van der Waals surface area contributed by atoms with Gasteiger partial charge in [-0.2, -0.15) is 0 Å². The number of amides is 1. The van der Waals surface area contributed by atoms with Crippen molar-refractivity contribution >= 4 is 29.2 Å². The fraction of sp³-hybridized carbons (Fsp3) is 0.211. The Morgan fingerprint density at radius 3 is 2.68 bits per heavy atom. The Labute approximate surface area is 151 Å². The number of thiocarbonyl (C=S) groups is 1. The van der Waals surface area contributed by atoms with Gasteiger partial charge >= 0.3 is 5.97 Å². The summed E-state index contributed by atoms with van der Waals surface area (Å²) in [6.45, 7) is 2.17. The van der Waals surface area contributed by atoms with Crippen LogP contribution in [0.3, 0.4) is 0 Å². The van der Waals surface area contributed by atoms with E-state index in [0.717, 1.165) is 16.7 Å². The smallest absolute Gasteiger partial charge is 0.337 e. The predicted molar refractivity (Wildman–Crippen MR) is 99.0 cm³/mol. The maximum Gasteiger partial charge on any atom is 0.337 e. The van der Waals surface area contributed by atoms with Crippen LogP contribution in [0.15, 0.2) is 48.5 Å². The second-order valence-electron chi connectivity index (χ2n) is 5.83. The van der Waals surface area contributed by atoms with E-state index in [1.54, 1.807) is 24.0 Å². The number of methoxy groups -OCH3 is 1. The van der Waals surface area contributed by atoms with E-state index in [9.17, 15) is 9.59 Å². The van der Waals surface area contributed by atoms with Gasteiger partial charge in [-0.25, -0.2) is 4.79 Å². The Bertz CT molecular complexity index is 850. The Morgan fingerprint density at radius 1 is 1.24 bits per heavy atom. The van der Waals surface area contributed by atoms with Crippen LogP contribution in [0.1, 0.15) is 22.8 Å². The molecule has 1 heterocycles. The molecule has 0 aliphatic carbocycles. The van der Waals surface area contributed by atoms with Crippen LogP contribution in [0.5, 0.6) is 0 Å². The quantitative estimate of drug-likeness (QED) is 0.676. The topological polar surface area (TPSA) is 58.6 Å². The zero-order valence-corrected chi connectivity index (χ0v) is 14.8. The van der Waals surface area contributed by atoms with Crippen molar-refractivity contribution in [1.82, 2.24) is 10.2 Å². The molecule has 0 spiro atoms. The molecule has 3 rings (SSSR count). The number of benzene rings is 2. The van der Waals surface area contributed by atoms with Gasteiger partial charge in [0.2, 0.25) is 0 Å². The largest absolute Gasteiger partial charge is 0.465 e. The van der Waals surface area contributed by atoms with Crippen LogP contribution >= 0.6 is 12.2 Å². The molecular formula is C19H18N2O3S. The third-order valence-corrected chi connectivity index (χ3v) is 4.50. The maximum absolute atomic E-state index is 12.3. The molecule has 0 radical (unpaired) electrons. The number of carbonyl (C=O) groups excluding carboxylic acids is 2. The van der Waals surface area contributed by atoms with Crippen LogP contribution in [0, 0.1) is 0 Å². The van der Waals surface area contributed by atoms with E-state index >= 15 is 0 Å². The van der Waals surface area contributed by atoms with Gasteiger partial charge in [0.25, 0.3) is 5.91 Å². The van der Waals surface area contributed by atoms with Crippen LogP contribution in [-0.4, -0.2) is 35.0 Å². The van der Waals surface area contributed by atoms with Crippen LogP contribution in [0.25, 0.3) is 11.1 Å². The lowest BCUT2D eigenvalue weighted by molar-refractivity contribution is -0.127. The van der Waals surface area contributed by atoms with Crippen molar-refractivity contribution in [3.05, 3.63) is 59.7 Å². The average molecular weight is 354 g/mol. The summed E-state index contributed by atoms with van der Waals surface area (Å²) in [6, 6.07) is 14.7. The molecule has 0 saturated carbocycles. The highest BCUT2D eigenvalue weighted by atomic mass is 32.1. The van der Waals surface area contributed by atoms with Crippen LogP contribution < -0.4 is 5.32 Å². The van der Waals surface area contributed by atoms with Gasteiger partial charge in [0.05, 0.1) is 19.2 Å². The predicted octanol–water partition coefficient (Wildman–Crippen LogP) is 2.75. The molecule has 6 heteroatoms. The van der Waals surface area contributed by atoms with Gasteiger partial charge < -0.3 is 10.1 Å². The third-order valence-electron chi connectivity index (χ3n) is 4.16. The van der Waals surface area contributed by atoms with Crippen molar-refractivity contribution in [3.8, 4) is 11.1 Å². The monoisotopic (exact) mass is 354 g/mol. The Balaban J connectivity index is 1.96. The number of ether oxygens (including phenoxy) is 1. The molecule has 2 aromatic carbocycles. The van der Waals surface area contributed by atoms with E-state index in [-0.39, 0.29) is 17.9 Å². The van der Waals surface area contributed by atoms with Gasteiger partial charge in [-0.3, -0.25) is 9.69 Å². The highest BCUT2D eigenvalue weighted by molar-refractivity contribution is 7.80.